The first-order chi connectivity index (χ1) is 6.83. The Bertz CT molecular complexity index is 425. The second-order valence-electron chi connectivity index (χ2n) is 2.80. The molecule has 5 heteroatoms. The van der Waals surface area contributed by atoms with Crippen LogP contribution in [-0.4, -0.2) is 5.16 Å². The summed E-state index contributed by atoms with van der Waals surface area (Å²) in [6, 6.07) is 9.30. The summed E-state index contributed by atoms with van der Waals surface area (Å²) in [6.45, 7) is 0.108. The summed E-state index contributed by atoms with van der Waals surface area (Å²) >= 11 is 0. The van der Waals surface area contributed by atoms with Gasteiger partial charge in [0, 0.05) is 10.7 Å². The lowest BCUT2D eigenvalue weighted by Crippen LogP contribution is -2.29. The number of benzene rings is 1. The first kappa shape index (κ1) is 8.71. The molecule has 5 nitrogen and oxygen atoms in total. The summed E-state index contributed by atoms with van der Waals surface area (Å²) in [6.07, 6.45) is 0. The third kappa shape index (κ3) is 1.33. The Hall–Kier alpha value is -1.88. The molecule has 0 aliphatic carbocycles. The van der Waals surface area contributed by atoms with Crippen molar-refractivity contribution in [3.63, 3.8) is 0 Å². The van der Waals surface area contributed by atoms with Crippen molar-refractivity contribution in [3.8, 4) is 11.3 Å². The third-order valence-electron chi connectivity index (χ3n) is 1.94. The predicted molar refractivity (Wildman–Crippen MR) is 48.8 cm³/mol. The van der Waals surface area contributed by atoms with Crippen molar-refractivity contribution in [2.75, 3.05) is 0 Å². The van der Waals surface area contributed by atoms with Crippen LogP contribution in [0.15, 0.2) is 35.0 Å². The molecule has 72 valence electrons. The molecule has 0 amide bonds. The van der Waals surface area contributed by atoms with Crippen molar-refractivity contribution >= 4 is 0 Å². The maximum absolute atomic E-state index is 11.1. The number of hydrogen-bond acceptors (Lipinski definition) is 4. The molecule has 0 aliphatic rings. The SMILES string of the molecule is NCc1c(-c2ccccc2)no[n+]1[O-]. The molecule has 2 aromatic rings. The molecule has 0 spiro atoms. The van der Waals surface area contributed by atoms with E-state index in [9.17, 15) is 5.21 Å². The highest BCUT2D eigenvalue weighted by molar-refractivity contribution is 5.59. The largest absolute Gasteiger partial charge is 0.359 e. The number of aromatic nitrogens is 2. The molecule has 2 N–H and O–H groups in total. The lowest BCUT2D eigenvalue weighted by molar-refractivity contribution is -0.807. The molecule has 0 aliphatic heterocycles. The molecule has 0 saturated heterocycles. The van der Waals surface area contributed by atoms with E-state index in [0.29, 0.717) is 16.3 Å². The molecular weight excluding hydrogens is 182 g/mol. The molecule has 0 fully saturated rings. The fraction of sp³-hybridized carbons (Fsp3) is 0.111. The van der Waals surface area contributed by atoms with Gasteiger partial charge in [0.1, 0.15) is 0 Å². The molecule has 0 unspecified atom stereocenters. The molecule has 1 aromatic heterocycles. The van der Waals surface area contributed by atoms with E-state index in [2.05, 4.69) is 9.79 Å². The first-order valence-electron chi connectivity index (χ1n) is 4.17. The maximum atomic E-state index is 11.1. The van der Waals surface area contributed by atoms with Crippen LogP contribution in [0.2, 0.25) is 0 Å². The van der Waals surface area contributed by atoms with E-state index in [0.717, 1.165) is 5.56 Å². The van der Waals surface area contributed by atoms with Gasteiger partial charge in [0.05, 0.1) is 6.54 Å². The van der Waals surface area contributed by atoms with Crippen molar-refractivity contribution in [1.29, 1.82) is 0 Å². The van der Waals surface area contributed by atoms with Crippen LogP contribution in [0.25, 0.3) is 11.3 Å². The van der Waals surface area contributed by atoms with Crippen molar-refractivity contribution in [1.82, 2.24) is 5.16 Å². The van der Waals surface area contributed by atoms with Crippen LogP contribution in [0, 0.1) is 5.21 Å². The Morgan fingerprint density at radius 3 is 2.71 bits per heavy atom. The quantitative estimate of drug-likeness (QED) is 0.698. The average molecular weight is 191 g/mol. The predicted octanol–water partition coefficient (Wildman–Crippen LogP) is 0.434. The molecule has 1 heterocycles. The summed E-state index contributed by atoms with van der Waals surface area (Å²) in [5.41, 5.74) is 7.08. The van der Waals surface area contributed by atoms with Crippen LogP contribution in [0.3, 0.4) is 0 Å². The van der Waals surface area contributed by atoms with Gasteiger partial charge in [0.25, 0.3) is 5.69 Å². The van der Waals surface area contributed by atoms with E-state index in [1.165, 1.54) is 0 Å². The van der Waals surface area contributed by atoms with Gasteiger partial charge >= 0.3 is 0 Å². The highest BCUT2D eigenvalue weighted by Gasteiger charge is 2.18. The van der Waals surface area contributed by atoms with Gasteiger partial charge in [0.2, 0.25) is 5.69 Å². The van der Waals surface area contributed by atoms with Crippen LogP contribution in [0.1, 0.15) is 5.69 Å². The number of rotatable bonds is 2. The minimum Gasteiger partial charge on any atom is -0.359 e. The standard InChI is InChI=1S/C9H9N3O2/c10-6-8-9(11-14-12(8)13)7-4-2-1-3-5-7/h1-5H,6,10H2. The summed E-state index contributed by atoms with van der Waals surface area (Å²) in [4.78, 5) is 0.336. The number of nitrogens with two attached hydrogens (primary N) is 1. The van der Waals surface area contributed by atoms with Crippen LogP contribution >= 0.6 is 0 Å². The molecule has 1 aromatic carbocycles. The summed E-state index contributed by atoms with van der Waals surface area (Å²) in [7, 11) is 0. The van der Waals surface area contributed by atoms with Crippen molar-refractivity contribution in [2.45, 2.75) is 6.54 Å². The topological polar surface area (TPSA) is 79.0 Å². The fourth-order valence-corrected chi connectivity index (χ4v) is 1.25. The third-order valence-corrected chi connectivity index (χ3v) is 1.94. The zero-order valence-corrected chi connectivity index (χ0v) is 7.38. The van der Waals surface area contributed by atoms with E-state index < -0.39 is 0 Å². The minimum atomic E-state index is 0.108. The van der Waals surface area contributed by atoms with Gasteiger partial charge in [-0.05, 0) is 4.90 Å². The van der Waals surface area contributed by atoms with E-state index in [-0.39, 0.29) is 6.54 Å². The van der Waals surface area contributed by atoms with Gasteiger partial charge in [-0.3, -0.25) is 4.63 Å². The maximum Gasteiger partial charge on any atom is 0.252 e. The van der Waals surface area contributed by atoms with Crippen LogP contribution in [0.5, 0.6) is 0 Å². The Morgan fingerprint density at radius 2 is 2.07 bits per heavy atom. The highest BCUT2D eigenvalue weighted by Crippen LogP contribution is 2.17. The van der Waals surface area contributed by atoms with E-state index in [1.54, 1.807) is 0 Å². The smallest absolute Gasteiger partial charge is 0.252 e. The zero-order valence-electron chi connectivity index (χ0n) is 7.38. The molecule has 0 radical (unpaired) electrons. The Morgan fingerprint density at radius 1 is 1.36 bits per heavy atom. The summed E-state index contributed by atoms with van der Waals surface area (Å²) < 4.78 is 4.47. The van der Waals surface area contributed by atoms with Crippen molar-refractivity contribution in [3.05, 3.63) is 41.2 Å². The number of hydrogen-bond donors (Lipinski definition) is 1. The number of nitrogens with zero attached hydrogens (tertiary/aromatic N) is 2. The Kier molecular flexibility index (Phi) is 2.16. The second kappa shape index (κ2) is 3.47. The van der Waals surface area contributed by atoms with E-state index in [4.69, 9.17) is 5.73 Å². The van der Waals surface area contributed by atoms with Crippen LogP contribution in [0.4, 0.5) is 0 Å². The first-order valence-corrected chi connectivity index (χ1v) is 4.17. The van der Waals surface area contributed by atoms with Crippen molar-refractivity contribution in [2.24, 2.45) is 5.73 Å². The highest BCUT2D eigenvalue weighted by atomic mass is 16.8. The van der Waals surface area contributed by atoms with Gasteiger partial charge in [-0.25, -0.2) is 0 Å². The molecule has 2 rings (SSSR count). The van der Waals surface area contributed by atoms with Gasteiger partial charge in [-0.15, -0.1) is 0 Å². The van der Waals surface area contributed by atoms with Gasteiger partial charge < -0.3 is 10.9 Å². The lowest BCUT2D eigenvalue weighted by atomic mass is 10.1. The molecular formula is C9H9N3O2. The van der Waals surface area contributed by atoms with E-state index in [1.807, 2.05) is 30.3 Å². The van der Waals surface area contributed by atoms with Gasteiger partial charge in [-0.2, -0.15) is 0 Å². The van der Waals surface area contributed by atoms with Gasteiger partial charge in [0.15, 0.2) is 0 Å². The van der Waals surface area contributed by atoms with Gasteiger partial charge in [-0.1, -0.05) is 30.3 Å². The zero-order chi connectivity index (χ0) is 9.97. The summed E-state index contributed by atoms with van der Waals surface area (Å²) in [5, 5.41) is 14.7. The molecule has 0 bridgehead atoms. The monoisotopic (exact) mass is 191 g/mol. The molecule has 0 atom stereocenters. The van der Waals surface area contributed by atoms with Crippen molar-refractivity contribution < 1.29 is 9.53 Å². The Balaban J connectivity index is 2.52. The fourth-order valence-electron chi connectivity index (χ4n) is 1.25. The Labute approximate surface area is 80.3 Å². The second-order valence-corrected chi connectivity index (χ2v) is 2.80. The van der Waals surface area contributed by atoms with E-state index >= 15 is 0 Å². The molecule has 14 heavy (non-hydrogen) atoms. The van der Waals surface area contributed by atoms with Crippen LogP contribution in [-0.2, 0) is 6.54 Å². The van der Waals surface area contributed by atoms with Crippen LogP contribution < -0.4 is 10.6 Å². The normalized spacial score (nSPS) is 10.4. The molecule has 0 saturated carbocycles. The minimum absolute atomic E-state index is 0.108. The summed E-state index contributed by atoms with van der Waals surface area (Å²) in [5.74, 6) is 0. The average Bonchev–Trinajstić information content (AvgIpc) is 2.61. The lowest BCUT2D eigenvalue weighted by Gasteiger charge is -1.93.